The minimum Gasteiger partial charge on any atom is -0.326 e. The van der Waals surface area contributed by atoms with Crippen molar-refractivity contribution in [2.45, 2.75) is 13.0 Å². The summed E-state index contributed by atoms with van der Waals surface area (Å²) in [6, 6.07) is 7.43. The molecule has 0 aromatic heterocycles. The molecule has 0 bridgehead atoms. The van der Waals surface area contributed by atoms with Crippen molar-refractivity contribution < 1.29 is 4.79 Å². The fourth-order valence-electron chi connectivity index (χ4n) is 1.03. The maximum atomic E-state index is 11.1. The minimum absolute atomic E-state index is 0.0690. The van der Waals surface area contributed by atoms with Crippen LogP contribution in [-0.2, 0) is 11.3 Å². The molecule has 76 valence electrons. The van der Waals surface area contributed by atoms with Crippen LogP contribution in [0.2, 0.25) is 0 Å². The SMILES string of the molecule is NCc1ccc(NC(=O)CCCl)cc1. The maximum Gasteiger partial charge on any atom is 0.225 e. The van der Waals surface area contributed by atoms with E-state index in [0.29, 0.717) is 18.8 Å². The van der Waals surface area contributed by atoms with E-state index in [9.17, 15) is 4.79 Å². The van der Waals surface area contributed by atoms with Crippen molar-refractivity contribution in [1.82, 2.24) is 0 Å². The molecule has 0 heterocycles. The molecule has 4 heteroatoms. The number of halogens is 1. The molecule has 1 aromatic carbocycles. The smallest absolute Gasteiger partial charge is 0.225 e. The van der Waals surface area contributed by atoms with Crippen LogP contribution in [0.15, 0.2) is 24.3 Å². The zero-order valence-corrected chi connectivity index (χ0v) is 8.55. The molecule has 0 aliphatic heterocycles. The molecular weight excluding hydrogens is 200 g/mol. The Morgan fingerprint density at radius 1 is 1.36 bits per heavy atom. The van der Waals surface area contributed by atoms with Gasteiger partial charge in [0.25, 0.3) is 0 Å². The highest BCUT2D eigenvalue weighted by Crippen LogP contribution is 2.09. The summed E-state index contributed by atoms with van der Waals surface area (Å²) in [4.78, 5) is 11.1. The average Bonchev–Trinajstić information content (AvgIpc) is 2.19. The molecule has 14 heavy (non-hydrogen) atoms. The Balaban J connectivity index is 2.55. The number of benzene rings is 1. The van der Waals surface area contributed by atoms with Crippen molar-refractivity contribution in [2.24, 2.45) is 5.73 Å². The van der Waals surface area contributed by atoms with Crippen LogP contribution in [0.3, 0.4) is 0 Å². The van der Waals surface area contributed by atoms with Gasteiger partial charge in [-0.1, -0.05) is 12.1 Å². The van der Waals surface area contributed by atoms with Gasteiger partial charge in [-0.15, -0.1) is 11.6 Å². The zero-order chi connectivity index (χ0) is 10.4. The lowest BCUT2D eigenvalue weighted by Gasteiger charge is -2.04. The van der Waals surface area contributed by atoms with E-state index in [0.717, 1.165) is 11.3 Å². The number of alkyl halides is 1. The van der Waals surface area contributed by atoms with Crippen LogP contribution in [0.4, 0.5) is 5.69 Å². The van der Waals surface area contributed by atoms with Gasteiger partial charge in [0.2, 0.25) is 5.91 Å². The Morgan fingerprint density at radius 2 is 2.00 bits per heavy atom. The quantitative estimate of drug-likeness (QED) is 0.747. The van der Waals surface area contributed by atoms with Gasteiger partial charge in [0, 0.05) is 24.5 Å². The summed E-state index contributed by atoms with van der Waals surface area (Å²) in [5.41, 5.74) is 7.26. The van der Waals surface area contributed by atoms with Crippen molar-refractivity contribution in [2.75, 3.05) is 11.2 Å². The summed E-state index contributed by atoms with van der Waals surface area (Å²) in [7, 11) is 0. The second-order valence-corrected chi connectivity index (χ2v) is 3.27. The highest BCUT2D eigenvalue weighted by atomic mass is 35.5. The Hall–Kier alpha value is -1.06. The van der Waals surface area contributed by atoms with Crippen LogP contribution in [-0.4, -0.2) is 11.8 Å². The van der Waals surface area contributed by atoms with Gasteiger partial charge in [-0.25, -0.2) is 0 Å². The average molecular weight is 213 g/mol. The zero-order valence-electron chi connectivity index (χ0n) is 7.79. The van der Waals surface area contributed by atoms with Gasteiger partial charge >= 0.3 is 0 Å². The number of carbonyl (C=O) groups excluding carboxylic acids is 1. The third kappa shape index (κ3) is 3.36. The van der Waals surface area contributed by atoms with E-state index < -0.39 is 0 Å². The molecule has 1 aromatic rings. The monoisotopic (exact) mass is 212 g/mol. The number of nitrogens with one attached hydrogen (secondary N) is 1. The van der Waals surface area contributed by atoms with E-state index >= 15 is 0 Å². The fraction of sp³-hybridized carbons (Fsp3) is 0.300. The molecule has 0 aliphatic rings. The third-order valence-electron chi connectivity index (χ3n) is 1.79. The Bertz CT molecular complexity index is 297. The minimum atomic E-state index is -0.0690. The number of amides is 1. The van der Waals surface area contributed by atoms with E-state index in [1.54, 1.807) is 0 Å². The molecule has 0 saturated heterocycles. The summed E-state index contributed by atoms with van der Waals surface area (Å²) >= 11 is 5.43. The lowest BCUT2D eigenvalue weighted by atomic mass is 10.2. The van der Waals surface area contributed by atoms with E-state index in [2.05, 4.69) is 5.32 Å². The maximum absolute atomic E-state index is 11.1. The number of nitrogens with two attached hydrogens (primary N) is 1. The first-order chi connectivity index (χ1) is 6.76. The Morgan fingerprint density at radius 3 is 2.50 bits per heavy atom. The molecule has 1 rings (SSSR count). The summed E-state index contributed by atoms with van der Waals surface area (Å²) < 4.78 is 0. The summed E-state index contributed by atoms with van der Waals surface area (Å²) in [5, 5.41) is 2.73. The van der Waals surface area contributed by atoms with Crippen LogP contribution < -0.4 is 11.1 Å². The molecule has 0 fully saturated rings. The van der Waals surface area contributed by atoms with E-state index in [1.165, 1.54) is 0 Å². The molecule has 0 spiro atoms. The summed E-state index contributed by atoms with van der Waals surface area (Å²) in [6.45, 7) is 0.510. The topological polar surface area (TPSA) is 55.1 Å². The van der Waals surface area contributed by atoms with Gasteiger partial charge in [-0.2, -0.15) is 0 Å². The first kappa shape index (κ1) is 11.0. The van der Waals surface area contributed by atoms with E-state index in [-0.39, 0.29) is 5.91 Å². The second kappa shape index (κ2) is 5.62. The normalized spacial score (nSPS) is 9.86. The molecule has 0 radical (unpaired) electrons. The number of anilines is 1. The summed E-state index contributed by atoms with van der Waals surface area (Å²) in [5.74, 6) is 0.271. The number of rotatable bonds is 4. The van der Waals surface area contributed by atoms with Gasteiger partial charge in [0.05, 0.1) is 0 Å². The lowest BCUT2D eigenvalue weighted by Crippen LogP contribution is -2.11. The molecule has 0 saturated carbocycles. The summed E-state index contributed by atoms with van der Waals surface area (Å²) in [6.07, 6.45) is 0.334. The van der Waals surface area contributed by atoms with Crippen molar-refractivity contribution in [3.63, 3.8) is 0 Å². The predicted octanol–water partition coefficient (Wildman–Crippen LogP) is 1.71. The number of carbonyl (C=O) groups is 1. The van der Waals surface area contributed by atoms with Crippen molar-refractivity contribution >= 4 is 23.2 Å². The van der Waals surface area contributed by atoms with Crippen molar-refractivity contribution in [3.8, 4) is 0 Å². The number of hydrogen-bond donors (Lipinski definition) is 2. The fourth-order valence-corrected chi connectivity index (χ4v) is 1.21. The molecule has 1 amide bonds. The third-order valence-corrected chi connectivity index (χ3v) is 1.98. The van der Waals surface area contributed by atoms with Gasteiger partial charge in [-0.3, -0.25) is 4.79 Å². The van der Waals surface area contributed by atoms with Gasteiger partial charge in [0.15, 0.2) is 0 Å². The van der Waals surface area contributed by atoms with Crippen LogP contribution >= 0.6 is 11.6 Å². The highest BCUT2D eigenvalue weighted by molar-refractivity contribution is 6.19. The number of hydrogen-bond acceptors (Lipinski definition) is 2. The van der Waals surface area contributed by atoms with Gasteiger partial charge in [0.1, 0.15) is 0 Å². The second-order valence-electron chi connectivity index (χ2n) is 2.89. The van der Waals surface area contributed by atoms with E-state index in [1.807, 2.05) is 24.3 Å². The van der Waals surface area contributed by atoms with Crippen LogP contribution in [0.25, 0.3) is 0 Å². The lowest BCUT2D eigenvalue weighted by molar-refractivity contribution is -0.115. The largest absolute Gasteiger partial charge is 0.326 e. The van der Waals surface area contributed by atoms with Crippen LogP contribution in [0.5, 0.6) is 0 Å². The molecule has 0 unspecified atom stereocenters. The predicted molar refractivity (Wildman–Crippen MR) is 58.3 cm³/mol. The van der Waals surface area contributed by atoms with Crippen molar-refractivity contribution in [3.05, 3.63) is 29.8 Å². The highest BCUT2D eigenvalue weighted by Gasteiger charge is 2.00. The van der Waals surface area contributed by atoms with Gasteiger partial charge in [-0.05, 0) is 17.7 Å². The first-order valence-corrected chi connectivity index (χ1v) is 4.94. The Kier molecular flexibility index (Phi) is 4.43. The molecule has 0 aliphatic carbocycles. The first-order valence-electron chi connectivity index (χ1n) is 4.41. The van der Waals surface area contributed by atoms with E-state index in [4.69, 9.17) is 17.3 Å². The standard InChI is InChI=1S/C10H13ClN2O/c11-6-5-10(14)13-9-3-1-8(7-12)2-4-9/h1-4H,5-7,12H2,(H,13,14). The Labute approximate surface area is 88.2 Å². The van der Waals surface area contributed by atoms with Gasteiger partial charge < -0.3 is 11.1 Å². The molecule has 0 atom stereocenters. The molecular formula is C10H13ClN2O. The molecule has 3 N–H and O–H groups in total. The van der Waals surface area contributed by atoms with Crippen LogP contribution in [0, 0.1) is 0 Å². The van der Waals surface area contributed by atoms with Crippen molar-refractivity contribution in [1.29, 1.82) is 0 Å². The molecule has 3 nitrogen and oxygen atoms in total. The van der Waals surface area contributed by atoms with Crippen LogP contribution in [0.1, 0.15) is 12.0 Å².